The first-order valence-electron chi connectivity index (χ1n) is 8.37. The van der Waals surface area contributed by atoms with E-state index in [1.165, 1.54) is 11.3 Å². The molecule has 1 N–H and O–H groups in total. The highest BCUT2D eigenvalue weighted by Gasteiger charge is 2.26. The number of amides is 1. The third kappa shape index (κ3) is 4.15. The van der Waals surface area contributed by atoms with Gasteiger partial charge in [-0.25, -0.2) is 15.0 Å². The Hall–Kier alpha value is -1.86. The van der Waals surface area contributed by atoms with Gasteiger partial charge in [-0.05, 0) is 39.3 Å². The van der Waals surface area contributed by atoms with E-state index in [2.05, 4.69) is 39.0 Å². The molecule has 0 spiro atoms. The Morgan fingerprint density at radius 1 is 1.42 bits per heavy atom. The maximum atomic E-state index is 12.4. The van der Waals surface area contributed by atoms with Crippen LogP contribution in [0.2, 0.25) is 0 Å². The molecule has 1 atom stereocenters. The number of aromatic nitrogens is 3. The summed E-state index contributed by atoms with van der Waals surface area (Å²) in [7, 11) is 0. The van der Waals surface area contributed by atoms with Crippen LogP contribution in [0.3, 0.4) is 0 Å². The van der Waals surface area contributed by atoms with Crippen molar-refractivity contribution in [1.82, 2.24) is 25.2 Å². The number of thiazole rings is 1. The molecule has 0 bridgehead atoms. The molecule has 0 unspecified atom stereocenters. The normalized spacial score (nSPS) is 18.7. The molecule has 0 aromatic carbocycles. The van der Waals surface area contributed by atoms with Gasteiger partial charge in [0.1, 0.15) is 0 Å². The molecule has 1 saturated heterocycles. The van der Waals surface area contributed by atoms with E-state index in [4.69, 9.17) is 0 Å². The first kappa shape index (κ1) is 17.0. The minimum Gasteiger partial charge on any atom is -0.350 e. The molecule has 6 nitrogen and oxygen atoms in total. The fraction of sp³-hybridized carbons (Fsp3) is 0.529. The Bertz CT molecular complexity index is 673. The molecule has 1 amide bonds. The second-order valence-electron chi connectivity index (χ2n) is 6.36. The second kappa shape index (κ2) is 7.81. The van der Waals surface area contributed by atoms with E-state index >= 15 is 0 Å². The van der Waals surface area contributed by atoms with E-state index in [-0.39, 0.29) is 11.8 Å². The predicted molar refractivity (Wildman–Crippen MR) is 94.4 cm³/mol. The van der Waals surface area contributed by atoms with E-state index in [9.17, 15) is 4.79 Å². The average molecular weight is 345 g/mol. The van der Waals surface area contributed by atoms with Gasteiger partial charge in [0.15, 0.2) is 10.8 Å². The number of piperidine rings is 1. The number of hydrogen-bond donors (Lipinski definition) is 1. The molecule has 0 radical (unpaired) electrons. The third-order valence-corrected chi connectivity index (χ3v) is 5.19. The Morgan fingerprint density at radius 2 is 2.21 bits per heavy atom. The van der Waals surface area contributed by atoms with Gasteiger partial charge in [-0.2, -0.15) is 0 Å². The van der Waals surface area contributed by atoms with E-state index in [1.807, 2.05) is 5.38 Å². The average Bonchev–Trinajstić information content (AvgIpc) is 3.09. The van der Waals surface area contributed by atoms with Gasteiger partial charge in [-0.15, -0.1) is 11.3 Å². The number of nitrogens with zero attached hydrogens (tertiary/aromatic N) is 4. The molecule has 2 aromatic rings. The zero-order valence-electron chi connectivity index (χ0n) is 14.1. The summed E-state index contributed by atoms with van der Waals surface area (Å²) in [5.74, 6) is 0.836. The third-order valence-electron chi connectivity index (χ3n) is 4.31. The summed E-state index contributed by atoms with van der Waals surface area (Å²) in [6.07, 6.45) is 5.46. The van der Waals surface area contributed by atoms with E-state index in [0.29, 0.717) is 18.4 Å². The van der Waals surface area contributed by atoms with Crippen molar-refractivity contribution in [3.8, 4) is 10.8 Å². The number of carbonyl (C=O) groups excluding carboxylic acids is 1. The van der Waals surface area contributed by atoms with Crippen molar-refractivity contribution in [1.29, 1.82) is 0 Å². The number of rotatable bonds is 5. The van der Waals surface area contributed by atoms with Gasteiger partial charge >= 0.3 is 0 Å². The van der Waals surface area contributed by atoms with Gasteiger partial charge in [0.25, 0.3) is 0 Å². The molecular formula is C17H23N5OS. The summed E-state index contributed by atoms with van der Waals surface area (Å²) >= 11 is 1.50. The number of carbonyl (C=O) groups is 1. The minimum atomic E-state index is 0.0803. The summed E-state index contributed by atoms with van der Waals surface area (Å²) in [5.41, 5.74) is 0.854. The molecule has 0 aliphatic carbocycles. The number of hydrogen-bond acceptors (Lipinski definition) is 6. The van der Waals surface area contributed by atoms with Crippen molar-refractivity contribution in [3.63, 3.8) is 0 Å². The fourth-order valence-corrected chi connectivity index (χ4v) is 3.68. The smallest absolute Gasteiger partial charge is 0.224 e. The van der Waals surface area contributed by atoms with Crippen molar-refractivity contribution in [2.45, 2.75) is 39.3 Å². The number of nitrogens with one attached hydrogen (secondary N) is 1. The largest absolute Gasteiger partial charge is 0.350 e. The van der Waals surface area contributed by atoms with Crippen LogP contribution in [0.25, 0.3) is 10.8 Å². The lowest BCUT2D eigenvalue weighted by molar-refractivity contribution is -0.127. The lowest BCUT2D eigenvalue weighted by atomic mass is 9.96. The Balaban J connectivity index is 1.54. The zero-order chi connectivity index (χ0) is 16.9. The summed E-state index contributed by atoms with van der Waals surface area (Å²) in [5, 5.41) is 5.76. The molecule has 3 heterocycles. The maximum Gasteiger partial charge on any atom is 0.224 e. The van der Waals surface area contributed by atoms with Crippen LogP contribution in [-0.2, 0) is 11.3 Å². The van der Waals surface area contributed by atoms with Crippen LogP contribution >= 0.6 is 11.3 Å². The summed E-state index contributed by atoms with van der Waals surface area (Å²) in [6.45, 7) is 6.77. The molecule has 1 aliphatic heterocycles. The van der Waals surface area contributed by atoms with Crippen LogP contribution in [0.1, 0.15) is 32.4 Å². The minimum absolute atomic E-state index is 0.0803. The fourth-order valence-electron chi connectivity index (χ4n) is 2.91. The zero-order valence-corrected chi connectivity index (χ0v) is 14.9. The quantitative estimate of drug-likeness (QED) is 0.900. The standard InChI is InChI=1S/C17H23N5OS/c1-12(2)22-8-3-5-13(10-22)16(23)20-9-14-11-24-17(21-14)15-18-6-4-7-19-15/h4,6-7,11-13H,3,5,8-10H2,1-2H3,(H,20,23)/t13-/m1/s1. The second-order valence-corrected chi connectivity index (χ2v) is 7.22. The predicted octanol–water partition coefficient (Wildman–Crippen LogP) is 2.34. The van der Waals surface area contributed by atoms with Gasteiger partial charge < -0.3 is 10.2 Å². The maximum absolute atomic E-state index is 12.4. The molecule has 128 valence electrons. The lowest BCUT2D eigenvalue weighted by Gasteiger charge is -2.34. The van der Waals surface area contributed by atoms with Crippen LogP contribution in [0.15, 0.2) is 23.8 Å². The monoisotopic (exact) mass is 345 g/mol. The van der Waals surface area contributed by atoms with Crippen LogP contribution in [0.5, 0.6) is 0 Å². The molecule has 7 heteroatoms. The van der Waals surface area contributed by atoms with Crippen LogP contribution < -0.4 is 5.32 Å². The molecule has 1 aliphatic rings. The van der Waals surface area contributed by atoms with Crippen LogP contribution in [-0.4, -0.2) is 44.9 Å². The molecular weight excluding hydrogens is 322 g/mol. The summed E-state index contributed by atoms with van der Waals surface area (Å²) in [4.78, 5) is 27.7. The number of likely N-dealkylation sites (tertiary alicyclic amines) is 1. The highest BCUT2D eigenvalue weighted by atomic mass is 32.1. The van der Waals surface area contributed by atoms with Crippen LogP contribution in [0.4, 0.5) is 0 Å². The lowest BCUT2D eigenvalue weighted by Crippen LogP contribution is -2.45. The highest BCUT2D eigenvalue weighted by molar-refractivity contribution is 7.13. The summed E-state index contributed by atoms with van der Waals surface area (Å²) in [6, 6.07) is 2.27. The highest BCUT2D eigenvalue weighted by Crippen LogP contribution is 2.21. The Labute approximate surface area is 146 Å². The Kier molecular flexibility index (Phi) is 5.52. The summed E-state index contributed by atoms with van der Waals surface area (Å²) < 4.78 is 0. The molecule has 2 aromatic heterocycles. The molecule has 24 heavy (non-hydrogen) atoms. The van der Waals surface area contributed by atoms with Crippen molar-refractivity contribution >= 4 is 17.2 Å². The van der Waals surface area contributed by atoms with Gasteiger partial charge in [0.2, 0.25) is 5.91 Å². The van der Waals surface area contributed by atoms with E-state index < -0.39 is 0 Å². The van der Waals surface area contributed by atoms with Gasteiger partial charge in [0, 0.05) is 30.4 Å². The topological polar surface area (TPSA) is 71.0 Å². The Morgan fingerprint density at radius 3 is 2.96 bits per heavy atom. The van der Waals surface area contributed by atoms with E-state index in [1.54, 1.807) is 18.5 Å². The molecule has 0 saturated carbocycles. The molecule has 3 rings (SSSR count). The van der Waals surface area contributed by atoms with Crippen molar-refractivity contribution in [3.05, 3.63) is 29.5 Å². The van der Waals surface area contributed by atoms with Crippen LogP contribution in [0, 0.1) is 5.92 Å². The van der Waals surface area contributed by atoms with Crippen molar-refractivity contribution in [2.75, 3.05) is 13.1 Å². The SMILES string of the molecule is CC(C)N1CCC[C@@H](C(=O)NCc2csc(-c3ncccn3)n2)C1. The van der Waals surface area contributed by atoms with Gasteiger partial charge in [0.05, 0.1) is 18.2 Å². The van der Waals surface area contributed by atoms with Crippen molar-refractivity contribution < 1.29 is 4.79 Å². The first-order chi connectivity index (χ1) is 11.6. The van der Waals surface area contributed by atoms with Crippen molar-refractivity contribution in [2.24, 2.45) is 5.92 Å². The van der Waals surface area contributed by atoms with Gasteiger partial charge in [-0.1, -0.05) is 0 Å². The first-order valence-corrected chi connectivity index (χ1v) is 9.25. The van der Waals surface area contributed by atoms with Gasteiger partial charge in [-0.3, -0.25) is 4.79 Å². The molecule has 1 fully saturated rings. The van der Waals surface area contributed by atoms with E-state index in [0.717, 1.165) is 36.6 Å².